The van der Waals surface area contributed by atoms with E-state index in [9.17, 15) is 20.0 Å². The van der Waals surface area contributed by atoms with Gasteiger partial charge in [0.2, 0.25) is 0 Å². The Morgan fingerprint density at radius 3 is 2.75 bits per heavy atom. The molecule has 1 unspecified atom stereocenters. The van der Waals surface area contributed by atoms with Crippen LogP contribution in [0.2, 0.25) is 0 Å². The molecule has 20 heavy (non-hydrogen) atoms. The SMILES string of the molecule is C[NH+]1CCCN(c2ccc([N+](=O)[O-])c(C(=O)[O-])c2)CC1. The monoisotopic (exact) mass is 279 g/mol. The van der Waals surface area contributed by atoms with E-state index in [-0.39, 0.29) is 5.56 Å². The minimum atomic E-state index is -1.52. The van der Waals surface area contributed by atoms with E-state index in [0.29, 0.717) is 5.69 Å². The second-order valence-corrected chi connectivity index (χ2v) is 5.04. The Morgan fingerprint density at radius 1 is 1.35 bits per heavy atom. The van der Waals surface area contributed by atoms with Crippen LogP contribution in [0.4, 0.5) is 11.4 Å². The van der Waals surface area contributed by atoms with Crippen LogP contribution >= 0.6 is 0 Å². The maximum Gasteiger partial charge on any atom is 0.278 e. The number of carboxylic acid groups (broad SMARTS) is 1. The molecule has 1 aromatic carbocycles. The van der Waals surface area contributed by atoms with Gasteiger partial charge in [0.1, 0.15) is 0 Å². The molecule has 7 heteroatoms. The van der Waals surface area contributed by atoms with Gasteiger partial charge in [0.05, 0.1) is 43.1 Å². The number of hydrogen-bond donors (Lipinski definition) is 1. The molecule has 0 aliphatic carbocycles. The van der Waals surface area contributed by atoms with Crippen molar-refractivity contribution in [2.75, 3.05) is 38.1 Å². The van der Waals surface area contributed by atoms with E-state index in [0.717, 1.165) is 32.6 Å². The van der Waals surface area contributed by atoms with Crippen molar-refractivity contribution in [2.24, 2.45) is 0 Å². The summed E-state index contributed by atoms with van der Waals surface area (Å²) in [5.41, 5.74) is -0.0896. The summed E-state index contributed by atoms with van der Waals surface area (Å²) in [6.45, 7) is 3.65. The molecule has 1 aliphatic rings. The molecule has 1 fully saturated rings. The van der Waals surface area contributed by atoms with Gasteiger partial charge in [-0.25, -0.2) is 0 Å². The summed E-state index contributed by atoms with van der Waals surface area (Å²) in [7, 11) is 2.12. The number of rotatable bonds is 3. The summed E-state index contributed by atoms with van der Waals surface area (Å²) in [5, 5.41) is 21.9. The smallest absolute Gasteiger partial charge is 0.278 e. The highest BCUT2D eigenvalue weighted by molar-refractivity contribution is 5.92. The lowest BCUT2D eigenvalue weighted by Gasteiger charge is -2.22. The summed E-state index contributed by atoms with van der Waals surface area (Å²) in [6, 6.07) is 4.18. The van der Waals surface area contributed by atoms with Crippen LogP contribution in [0.1, 0.15) is 16.8 Å². The van der Waals surface area contributed by atoms with Gasteiger partial charge < -0.3 is 19.7 Å². The second-order valence-electron chi connectivity index (χ2n) is 5.04. The number of nitro groups is 1. The normalized spacial score (nSPS) is 19.4. The lowest BCUT2D eigenvalue weighted by Crippen LogP contribution is -3.09. The highest BCUT2D eigenvalue weighted by Crippen LogP contribution is 2.24. The average molecular weight is 279 g/mol. The fourth-order valence-corrected chi connectivity index (χ4v) is 2.44. The first kappa shape index (κ1) is 14.3. The first-order valence-electron chi connectivity index (χ1n) is 6.55. The molecular formula is C13H17N3O4. The molecule has 1 aromatic rings. The number of nitro benzene ring substituents is 1. The molecule has 0 saturated carbocycles. The van der Waals surface area contributed by atoms with Gasteiger partial charge in [0.15, 0.2) is 0 Å². The number of benzene rings is 1. The van der Waals surface area contributed by atoms with Gasteiger partial charge in [-0.1, -0.05) is 0 Å². The highest BCUT2D eigenvalue weighted by Gasteiger charge is 2.19. The van der Waals surface area contributed by atoms with Gasteiger partial charge in [-0.2, -0.15) is 0 Å². The van der Waals surface area contributed by atoms with E-state index in [1.54, 1.807) is 6.07 Å². The molecule has 1 N–H and O–H groups in total. The summed E-state index contributed by atoms with van der Waals surface area (Å²) in [4.78, 5) is 24.6. The summed E-state index contributed by atoms with van der Waals surface area (Å²) in [5.74, 6) is -1.52. The lowest BCUT2D eigenvalue weighted by atomic mass is 10.1. The van der Waals surface area contributed by atoms with Crippen LogP contribution in [-0.4, -0.2) is 44.1 Å². The Labute approximate surface area is 116 Å². The lowest BCUT2D eigenvalue weighted by molar-refractivity contribution is -0.876. The molecule has 0 aromatic heterocycles. The van der Waals surface area contributed by atoms with Gasteiger partial charge in [-0.15, -0.1) is 0 Å². The van der Waals surface area contributed by atoms with Crippen molar-refractivity contribution in [3.05, 3.63) is 33.9 Å². The molecule has 1 saturated heterocycles. The average Bonchev–Trinajstić information content (AvgIpc) is 2.62. The molecule has 1 heterocycles. The number of carbonyl (C=O) groups excluding carboxylic acids is 1. The zero-order valence-corrected chi connectivity index (χ0v) is 11.3. The van der Waals surface area contributed by atoms with Gasteiger partial charge in [-0.05, 0) is 12.1 Å². The Morgan fingerprint density at radius 2 is 2.10 bits per heavy atom. The van der Waals surface area contributed by atoms with Crippen LogP contribution in [0, 0.1) is 10.1 Å². The zero-order chi connectivity index (χ0) is 14.7. The van der Waals surface area contributed by atoms with Crippen LogP contribution in [0.3, 0.4) is 0 Å². The number of anilines is 1. The van der Waals surface area contributed by atoms with E-state index in [2.05, 4.69) is 11.9 Å². The van der Waals surface area contributed by atoms with Crippen molar-refractivity contribution in [1.82, 2.24) is 0 Å². The van der Waals surface area contributed by atoms with Crippen LogP contribution in [-0.2, 0) is 0 Å². The van der Waals surface area contributed by atoms with E-state index in [1.807, 2.05) is 0 Å². The summed E-state index contributed by atoms with van der Waals surface area (Å²) < 4.78 is 0. The second kappa shape index (κ2) is 5.87. The van der Waals surface area contributed by atoms with Crippen LogP contribution < -0.4 is 14.9 Å². The number of aromatic carboxylic acids is 1. The first-order chi connectivity index (χ1) is 9.49. The van der Waals surface area contributed by atoms with Crippen molar-refractivity contribution in [2.45, 2.75) is 6.42 Å². The molecule has 0 bridgehead atoms. The predicted molar refractivity (Wildman–Crippen MR) is 70.9 cm³/mol. The van der Waals surface area contributed by atoms with Crippen LogP contribution in [0.15, 0.2) is 18.2 Å². The molecule has 1 atom stereocenters. The van der Waals surface area contributed by atoms with E-state index in [4.69, 9.17) is 0 Å². The minimum Gasteiger partial charge on any atom is -0.545 e. The number of carbonyl (C=O) groups is 1. The summed E-state index contributed by atoms with van der Waals surface area (Å²) in [6.07, 6.45) is 1.00. The molecule has 108 valence electrons. The van der Waals surface area contributed by atoms with Gasteiger partial charge >= 0.3 is 0 Å². The number of likely N-dealkylation sites (N-methyl/N-ethyl adjacent to an activating group) is 1. The standard InChI is InChI=1S/C13H17N3O4/c1-14-5-2-6-15(8-7-14)10-3-4-12(16(19)20)11(9-10)13(17)18/h3-4,9H,2,5-8H2,1H3,(H,17,18). The number of nitrogens with zero attached hydrogens (tertiary/aromatic N) is 2. The molecule has 7 nitrogen and oxygen atoms in total. The van der Waals surface area contributed by atoms with Crippen LogP contribution in [0.5, 0.6) is 0 Å². The van der Waals surface area contributed by atoms with Gasteiger partial charge in [-0.3, -0.25) is 10.1 Å². The molecule has 0 radical (unpaired) electrons. The van der Waals surface area contributed by atoms with Gasteiger partial charge in [0, 0.05) is 24.7 Å². The molecule has 1 aliphatic heterocycles. The summed E-state index contributed by atoms with van der Waals surface area (Å²) >= 11 is 0. The van der Waals surface area contributed by atoms with Crippen molar-refractivity contribution in [1.29, 1.82) is 0 Å². The van der Waals surface area contributed by atoms with Crippen LogP contribution in [0.25, 0.3) is 0 Å². The van der Waals surface area contributed by atoms with Crippen molar-refractivity contribution in [3.8, 4) is 0 Å². The predicted octanol–water partition coefficient (Wildman–Crippen LogP) is -1.32. The number of nitrogens with one attached hydrogen (secondary N) is 1. The van der Waals surface area contributed by atoms with Crippen molar-refractivity contribution in [3.63, 3.8) is 0 Å². The van der Waals surface area contributed by atoms with E-state index < -0.39 is 16.6 Å². The maximum atomic E-state index is 11.0. The Bertz CT molecular complexity index is 532. The van der Waals surface area contributed by atoms with E-state index >= 15 is 0 Å². The van der Waals surface area contributed by atoms with Crippen molar-refractivity contribution < 1.29 is 19.7 Å². The third kappa shape index (κ3) is 3.05. The zero-order valence-electron chi connectivity index (χ0n) is 11.3. The Hall–Kier alpha value is -2.15. The topological polar surface area (TPSA) is 91.0 Å². The largest absolute Gasteiger partial charge is 0.545 e. The molecule has 0 amide bonds. The number of quaternary nitrogens is 1. The molecule has 2 rings (SSSR count). The molecular weight excluding hydrogens is 262 g/mol. The first-order valence-corrected chi connectivity index (χ1v) is 6.55. The third-order valence-corrected chi connectivity index (χ3v) is 3.60. The fraction of sp³-hybridized carbons (Fsp3) is 0.462. The quantitative estimate of drug-likeness (QED) is 0.547. The maximum absolute atomic E-state index is 11.0. The molecule has 0 spiro atoms. The number of hydrogen-bond acceptors (Lipinski definition) is 5. The third-order valence-electron chi connectivity index (χ3n) is 3.60. The Kier molecular flexibility index (Phi) is 4.19. The fourth-order valence-electron chi connectivity index (χ4n) is 2.44. The van der Waals surface area contributed by atoms with E-state index in [1.165, 1.54) is 17.0 Å². The van der Waals surface area contributed by atoms with Crippen molar-refractivity contribution >= 4 is 17.3 Å². The number of carboxylic acids is 1. The van der Waals surface area contributed by atoms with Gasteiger partial charge in [0.25, 0.3) is 5.69 Å². The highest BCUT2D eigenvalue weighted by atomic mass is 16.6. The Balaban J connectivity index is 2.31. The minimum absolute atomic E-state index is 0.363.